The summed E-state index contributed by atoms with van der Waals surface area (Å²) in [4.78, 5) is 31.2. The van der Waals surface area contributed by atoms with Crippen LogP contribution in [0.2, 0.25) is 0 Å². The lowest BCUT2D eigenvalue weighted by atomic mass is 10.0. The van der Waals surface area contributed by atoms with Crippen molar-refractivity contribution >= 4 is 28.2 Å². The van der Waals surface area contributed by atoms with Crippen LogP contribution in [0.25, 0.3) is 11.1 Å². The van der Waals surface area contributed by atoms with Crippen LogP contribution < -0.4 is 5.32 Å². The third kappa shape index (κ3) is 5.40. The van der Waals surface area contributed by atoms with Crippen molar-refractivity contribution in [2.45, 2.75) is 13.5 Å². The van der Waals surface area contributed by atoms with Crippen LogP contribution in [0, 0.1) is 6.92 Å². The summed E-state index contributed by atoms with van der Waals surface area (Å²) in [6.45, 7) is 5.81. The molecule has 1 N–H and O–H groups in total. The molecular weight excluding hydrogens is 466 g/mol. The van der Waals surface area contributed by atoms with E-state index in [2.05, 4.69) is 34.5 Å². The Labute approximate surface area is 216 Å². The number of nitrogens with zero attached hydrogens (tertiary/aromatic N) is 2. The minimum absolute atomic E-state index is 0.0336. The molecule has 0 radical (unpaired) electrons. The van der Waals surface area contributed by atoms with E-state index in [1.807, 2.05) is 77.9 Å². The van der Waals surface area contributed by atoms with Crippen molar-refractivity contribution in [3.8, 4) is 11.1 Å². The Morgan fingerprint density at radius 3 is 2.14 bits per heavy atom. The van der Waals surface area contributed by atoms with Gasteiger partial charge in [-0.3, -0.25) is 14.5 Å². The highest BCUT2D eigenvalue weighted by atomic mass is 32.1. The van der Waals surface area contributed by atoms with Crippen LogP contribution in [0.5, 0.6) is 0 Å². The zero-order valence-corrected chi connectivity index (χ0v) is 21.1. The molecule has 1 aliphatic rings. The van der Waals surface area contributed by atoms with E-state index >= 15 is 0 Å². The molecule has 0 aliphatic carbocycles. The van der Waals surface area contributed by atoms with Crippen molar-refractivity contribution in [1.29, 1.82) is 0 Å². The molecular formula is C30H29N3O2S. The number of anilines is 1. The Bertz CT molecular complexity index is 1330. The average Bonchev–Trinajstić information content (AvgIpc) is 3.33. The highest BCUT2D eigenvalue weighted by Gasteiger charge is 2.28. The van der Waals surface area contributed by atoms with Crippen LogP contribution in [-0.4, -0.2) is 47.8 Å². The minimum atomic E-state index is -0.210. The fourth-order valence-corrected chi connectivity index (χ4v) is 5.44. The monoisotopic (exact) mass is 495 g/mol. The van der Waals surface area contributed by atoms with Gasteiger partial charge in [-0.1, -0.05) is 78.4 Å². The zero-order valence-electron chi connectivity index (χ0n) is 20.3. The quantitative estimate of drug-likeness (QED) is 0.361. The summed E-state index contributed by atoms with van der Waals surface area (Å²) < 4.78 is 0. The molecule has 0 saturated carbocycles. The van der Waals surface area contributed by atoms with Gasteiger partial charge in [-0.05, 0) is 30.2 Å². The summed E-state index contributed by atoms with van der Waals surface area (Å²) in [6.07, 6.45) is 0. The predicted molar refractivity (Wildman–Crippen MR) is 147 cm³/mol. The maximum atomic E-state index is 13.9. The second-order valence-corrected chi connectivity index (χ2v) is 9.97. The van der Waals surface area contributed by atoms with Gasteiger partial charge in [0.1, 0.15) is 5.00 Å². The molecule has 0 atom stereocenters. The molecule has 1 aromatic heterocycles. The van der Waals surface area contributed by atoms with E-state index in [1.165, 1.54) is 16.9 Å². The van der Waals surface area contributed by atoms with Crippen molar-refractivity contribution in [1.82, 2.24) is 9.80 Å². The van der Waals surface area contributed by atoms with Gasteiger partial charge in [-0.25, -0.2) is 0 Å². The molecule has 5 nitrogen and oxygen atoms in total. The van der Waals surface area contributed by atoms with Gasteiger partial charge < -0.3 is 10.2 Å². The average molecular weight is 496 g/mol. The van der Waals surface area contributed by atoms with Crippen molar-refractivity contribution in [2.75, 3.05) is 31.5 Å². The van der Waals surface area contributed by atoms with Crippen LogP contribution in [0.3, 0.4) is 0 Å². The van der Waals surface area contributed by atoms with E-state index in [9.17, 15) is 9.59 Å². The smallest absolute Gasteiger partial charge is 0.257 e. The van der Waals surface area contributed by atoms with Crippen LogP contribution >= 0.6 is 11.3 Å². The van der Waals surface area contributed by atoms with Gasteiger partial charge in [0.25, 0.3) is 11.8 Å². The van der Waals surface area contributed by atoms with Crippen molar-refractivity contribution in [3.63, 3.8) is 0 Å². The molecule has 2 heterocycles. The molecule has 4 aromatic rings. The number of rotatable bonds is 6. The molecule has 0 bridgehead atoms. The number of thiophene rings is 1. The molecule has 1 aliphatic heterocycles. The Morgan fingerprint density at radius 2 is 1.47 bits per heavy atom. The van der Waals surface area contributed by atoms with Crippen LogP contribution in [0.15, 0.2) is 90.3 Å². The summed E-state index contributed by atoms with van der Waals surface area (Å²) in [6, 6.07) is 27.8. The summed E-state index contributed by atoms with van der Waals surface area (Å²) in [5.41, 5.74) is 5.34. The second-order valence-electron chi connectivity index (χ2n) is 9.09. The molecule has 36 heavy (non-hydrogen) atoms. The van der Waals surface area contributed by atoms with E-state index in [0.29, 0.717) is 29.2 Å². The molecule has 1 fully saturated rings. The lowest BCUT2D eigenvalue weighted by molar-refractivity contribution is 0.0630. The lowest BCUT2D eigenvalue weighted by Gasteiger charge is -2.35. The largest absolute Gasteiger partial charge is 0.336 e. The van der Waals surface area contributed by atoms with Gasteiger partial charge in [0.15, 0.2) is 0 Å². The molecule has 6 heteroatoms. The predicted octanol–water partition coefficient (Wildman–Crippen LogP) is 5.93. The first kappa shape index (κ1) is 24.0. The first-order valence-electron chi connectivity index (χ1n) is 12.2. The minimum Gasteiger partial charge on any atom is -0.336 e. The van der Waals surface area contributed by atoms with E-state index in [4.69, 9.17) is 0 Å². The van der Waals surface area contributed by atoms with E-state index in [-0.39, 0.29) is 11.8 Å². The number of nitrogens with one attached hydrogen (secondary N) is 1. The number of hydrogen-bond acceptors (Lipinski definition) is 4. The maximum absolute atomic E-state index is 13.9. The van der Waals surface area contributed by atoms with Gasteiger partial charge in [0, 0.05) is 49.2 Å². The summed E-state index contributed by atoms with van der Waals surface area (Å²) in [5, 5.41) is 5.58. The first-order chi connectivity index (χ1) is 17.6. The van der Waals surface area contributed by atoms with E-state index in [1.54, 1.807) is 0 Å². The molecule has 5 rings (SSSR count). The molecule has 0 unspecified atom stereocenters. The molecule has 3 aromatic carbocycles. The summed E-state index contributed by atoms with van der Waals surface area (Å²) in [7, 11) is 0. The Kier molecular flexibility index (Phi) is 7.26. The zero-order chi connectivity index (χ0) is 24.9. The van der Waals surface area contributed by atoms with Gasteiger partial charge in [-0.15, -0.1) is 11.3 Å². The Balaban J connectivity index is 1.36. The third-order valence-electron chi connectivity index (χ3n) is 6.54. The number of carbonyl (C=O) groups is 2. The standard InChI is InChI=1S/C30H29N3O2S/c1-22-12-14-25(15-13-22)28(34)31-29-27(26(21-36-29)24-10-6-3-7-11-24)30(35)33-18-16-32(17-19-33)20-23-8-4-2-5-9-23/h2-15,21H,16-20H2,1H3,(H,31,34). The number of piperazine rings is 1. The van der Waals surface area contributed by atoms with Gasteiger partial charge in [0.2, 0.25) is 0 Å². The Hall–Kier alpha value is -3.74. The molecule has 2 amide bonds. The SMILES string of the molecule is Cc1ccc(C(=O)Nc2scc(-c3ccccc3)c2C(=O)N2CCN(Cc3ccccc3)CC2)cc1. The summed E-state index contributed by atoms with van der Waals surface area (Å²) in [5.74, 6) is -0.244. The van der Waals surface area contributed by atoms with E-state index in [0.717, 1.165) is 36.3 Å². The number of benzene rings is 3. The summed E-state index contributed by atoms with van der Waals surface area (Å²) >= 11 is 1.40. The van der Waals surface area contributed by atoms with Gasteiger partial charge >= 0.3 is 0 Å². The molecule has 0 spiro atoms. The number of carbonyl (C=O) groups excluding carboxylic acids is 2. The number of hydrogen-bond donors (Lipinski definition) is 1. The van der Waals surface area contributed by atoms with Crippen LogP contribution in [0.1, 0.15) is 31.8 Å². The van der Waals surface area contributed by atoms with Gasteiger partial charge in [-0.2, -0.15) is 0 Å². The topological polar surface area (TPSA) is 52.7 Å². The van der Waals surface area contributed by atoms with E-state index < -0.39 is 0 Å². The highest BCUT2D eigenvalue weighted by Crippen LogP contribution is 2.37. The molecule has 182 valence electrons. The number of amides is 2. The molecule has 1 saturated heterocycles. The highest BCUT2D eigenvalue weighted by molar-refractivity contribution is 7.15. The van der Waals surface area contributed by atoms with Crippen molar-refractivity contribution in [3.05, 3.63) is 113 Å². The third-order valence-corrected chi connectivity index (χ3v) is 7.43. The van der Waals surface area contributed by atoms with Gasteiger partial charge in [0.05, 0.1) is 5.56 Å². The second kappa shape index (κ2) is 10.9. The normalized spacial score (nSPS) is 14.0. The fourth-order valence-electron chi connectivity index (χ4n) is 4.48. The Morgan fingerprint density at radius 1 is 0.833 bits per heavy atom. The van der Waals surface area contributed by atoms with Crippen LogP contribution in [0.4, 0.5) is 5.00 Å². The maximum Gasteiger partial charge on any atom is 0.257 e. The van der Waals surface area contributed by atoms with Crippen LogP contribution in [-0.2, 0) is 6.54 Å². The number of aryl methyl sites for hydroxylation is 1. The van der Waals surface area contributed by atoms with Crippen molar-refractivity contribution in [2.24, 2.45) is 0 Å². The fraction of sp³-hybridized carbons (Fsp3) is 0.200. The van der Waals surface area contributed by atoms with Crippen molar-refractivity contribution < 1.29 is 9.59 Å². The lowest BCUT2D eigenvalue weighted by Crippen LogP contribution is -2.48. The first-order valence-corrected chi connectivity index (χ1v) is 13.1.